The molecule has 1 N–H and O–H groups in total. The first-order valence-electron chi connectivity index (χ1n) is 7.35. The van der Waals surface area contributed by atoms with E-state index in [1.165, 1.54) is 12.8 Å². The van der Waals surface area contributed by atoms with Crippen LogP contribution in [-0.2, 0) is 9.53 Å². The summed E-state index contributed by atoms with van der Waals surface area (Å²) in [5, 5.41) is 10.2. The van der Waals surface area contributed by atoms with Crippen molar-refractivity contribution in [1.29, 1.82) is 0 Å². The minimum Gasteiger partial charge on any atom is -0.463 e. The van der Waals surface area contributed by atoms with Crippen LogP contribution in [0.5, 0.6) is 0 Å². The van der Waals surface area contributed by atoms with Gasteiger partial charge in [0.25, 0.3) is 0 Å². The summed E-state index contributed by atoms with van der Waals surface area (Å²) >= 11 is 0. The van der Waals surface area contributed by atoms with Crippen molar-refractivity contribution in [3.05, 3.63) is 0 Å². The Labute approximate surface area is 111 Å². The van der Waals surface area contributed by atoms with E-state index in [1.807, 2.05) is 13.8 Å². The molecule has 106 valence electrons. The van der Waals surface area contributed by atoms with E-state index in [0.29, 0.717) is 5.92 Å². The van der Waals surface area contributed by atoms with Crippen LogP contribution in [0.2, 0.25) is 0 Å². The molecule has 3 nitrogen and oxygen atoms in total. The molecule has 0 amide bonds. The van der Waals surface area contributed by atoms with E-state index in [0.717, 1.165) is 18.8 Å². The monoisotopic (exact) mass is 256 g/mol. The third-order valence-corrected chi connectivity index (χ3v) is 4.19. The quantitative estimate of drug-likeness (QED) is 0.743. The Balaban J connectivity index is 2.49. The van der Waals surface area contributed by atoms with Crippen LogP contribution in [0, 0.1) is 17.8 Å². The lowest BCUT2D eigenvalue weighted by Crippen LogP contribution is -2.28. The number of ether oxygens (including phenoxy) is 1. The molecule has 1 fully saturated rings. The number of aliphatic hydroxyl groups excluding tert-OH is 1. The molecule has 0 aromatic rings. The molecule has 0 aromatic carbocycles. The number of hydrogen-bond donors (Lipinski definition) is 1. The Kier molecular flexibility index (Phi) is 6.13. The maximum Gasteiger partial charge on any atom is 0.308 e. The van der Waals surface area contributed by atoms with Crippen LogP contribution in [0.25, 0.3) is 0 Å². The highest BCUT2D eigenvalue weighted by Gasteiger charge is 2.37. The van der Waals surface area contributed by atoms with E-state index in [2.05, 4.69) is 13.8 Å². The van der Waals surface area contributed by atoms with Crippen molar-refractivity contribution in [3.8, 4) is 0 Å². The van der Waals surface area contributed by atoms with E-state index in [-0.39, 0.29) is 24.4 Å². The number of carbonyl (C=O) groups excluding carboxylic acids is 1. The molecule has 0 spiro atoms. The second kappa shape index (κ2) is 7.13. The van der Waals surface area contributed by atoms with Crippen LogP contribution >= 0.6 is 0 Å². The molecule has 4 unspecified atom stereocenters. The van der Waals surface area contributed by atoms with E-state index in [1.54, 1.807) is 0 Å². The van der Waals surface area contributed by atoms with Crippen molar-refractivity contribution in [2.75, 3.05) is 0 Å². The van der Waals surface area contributed by atoms with Crippen LogP contribution in [0.15, 0.2) is 0 Å². The van der Waals surface area contributed by atoms with Crippen LogP contribution in [-0.4, -0.2) is 23.3 Å². The zero-order chi connectivity index (χ0) is 13.7. The second-order valence-corrected chi connectivity index (χ2v) is 5.89. The fourth-order valence-electron chi connectivity index (χ4n) is 3.18. The van der Waals surface area contributed by atoms with Gasteiger partial charge in [0, 0.05) is 0 Å². The minimum absolute atomic E-state index is 0.0985. The minimum atomic E-state index is -0.530. The van der Waals surface area contributed by atoms with Gasteiger partial charge in [-0.15, -0.1) is 0 Å². The van der Waals surface area contributed by atoms with Gasteiger partial charge in [-0.1, -0.05) is 26.7 Å². The predicted molar refractivity (Wildman–Crippen MR) is 72.1 cm³/mol. The molecule has 0 saturated heterocycles. The summed E-state index contributed by atoms with van der Waals surface area (Å²) in [4.78, 5) is 11.6. The Hall–Kier alpha value is -0.570. The Bertz CT molecular complexity index is 262. The molecule has 0 aliphatic heterocycles. The largest absolute Gasteiger partial charge is 0.463 e. The Morgan fingerprint density at radius 2 is 1.94 bits per heavy atom. The summed E-state index contributed by atoms with van der Waals surface area (Å²) in [7, 11) is 0. The highest BCUT2D eigenvalue weighted by Crippen LogP contribution is 2.42. The molecular formula is C15H28O3. The SMILES string of the molecule is CCC1CC(CC)C(C(O)CC(=O)OC(C)C)C1. The van der Waals surface area contributed by atoms with Crippen LogP contribution < -0.4 is 0 Å². The zero-order valence-corrected chi connectivity index (χ0v) is 12.2. The highest BCUT2D eigenvalue weighted by atomic mass is 16.5. The zero-order valence-electron chi connectivity index (χ0n) is 12.2. The lowest BCUT2D eigenvalue weighted by Gasteiger charge is -2.23. The van der Waals surface area contributed by atoms with E-state index >= 15 is 0 Å². The molecule has 3 heteroatoms. The molecular weight excluding hydrogens is 228 g/mol. The molecule has 0 bridgehead atoms. The first-order valence-corrected chi connectivity index (χ1v) is 7.35. The average molecular weight is 256 g/mol. The van der Waals surface area contributed by atoms with Gasteiger partial charge in [-0.05, 0) is 44.4 Å². The van der Waals surface area contributed by atoms with E-state index < -0.39 is 6.10 Å². The summed E-state index contributed by atoms with van der Waals surface area (Å²) in [5.41, 5.74) is 0. The fraction of sp³-hybridized carbons (Fsp3) is 0.933. The van der Waals surface area contributed by atoms with Gasteiger partial charge in [0.15, 0.2) is 0 Å². The fourth-order valence-corrected chi connectivity index (χ4v) is 3.18. The summed E-state index contributed by atoms with van der Waals surface area (Å²) in [6, 6.07) is 0. The van der Waals surface area contributed by atoms with Crippen molar-refractivity contribution in [2.45, 2.75) is 72.0 Å². The molecule has 18 heavy (non-hydrogen) atoms. The first-order chi connectivity index (χ1) is 8.47. The Morgan fingerprint density at radius 3 is 2.44 bits per heavy atom. The van der Waals surface area contributed by atoms with Gasteiger partial charge in [0.2, 0.25) is 0 Å². The van der Waals surface area contributed by atoms with Gasteiger partial charge in [-0.25, -0.2) is 0 Å². The number of rotatable bonds is 6. The van der Waals surface area contributed by atoms with Gasteiger partial charge in [0.1, 0.15) is 0 Å². The predicted octanol–water partition coefficient (Wildman–Crippen LogP) is 3.15. The Morgan fingerprint density at radius 1 is 1.28 bits per heavy atom. The molecule has 1 rings (SSSR count). The highest BCUT2D eigenvalue weighted by molar-refractivity contribution is 5.70. The summed E-state index contributed by atoms with van der Waals surface area (Å²) in [6.45, 7) is 8.05. The number of esters is 1. The summed E-state index contributed by atoms with van der Waals surface area (Å²) in [6.07, 6.45) is 4.05. The molecule has 0 aromatic heterocycles. The topological polar surface area (TPSA) is 46.5 Å². The van der Waals surface area contributed by atoms with Gasteiger partial charge in [0.05, 0.1) is 18.6 Å². The molecule has 1 saturated carbocycles. The molecule has 4 atom stereocenters. The van der Waals surface area contributed by atoms with Crippen molar-refractivity contribution in [3.63, 3.8) is 0 Å². The van der Waals surface area contributed by atoms with Crippen LogP contribution in [0.1, 0.15) is 59.8 Å². The maximum atomic E-state index is 11.6. The third kappa shape index (κ3) is 4.27. The first kappa shape index (κ1) is 15.5. The molecule has 0 radical (unpaired) electrons. The van der Waals surface area contributed by atoms with Gasteiger partial charge < -0.3 is 9.84 Å². The maximum absolute atomic E-state index is 11.6. The van der Waals surface area contributed by atoms with Crippen molar-refractivity contribution >= 4 is 5.97 Å². The number of carbonyl (C=O) groups is 1. The molecule has 0 heterocycles. The van der Waals surface area contributed by atoms with E-state index in [9.17, 15) is 9.90 Å². The number of aliphatic hydroxyl groups is 1. The van der Waals surface area contributed by atoms with Crippen LogP contribution in [0.3, 0.4) is 0 Å². The summed E-state index contributed by atoms with van der Waals surface area (Å²) in [5.74, 6) is 1.29. The number of hydrogen-bond acceptors (Lipinski definition) is 3. The lowest BCUT2D eigenvalue weighted by molar-refractivity contribution is -0.150. The van der Waals surface area contributed by atoms with Gasteiger partial charge in [-0.2, -0.15) is 0 Å². The average Bonchev–Trinajstić information content (AvgIpc) is 2.70. The standard InChI is InChI=1S/C15H28O3/c1-5-11-7-12(6-2)13(8-11)14(16)9-15(17)18-10(3)4/h10-14,16H,5-9H2,1-4H3. The normalized spacial score (nSPS) is 29.6. The van der Waals surface area contributed by atoms with Crippen LogP contribution in [0.4, 0.5) is 0 Å². The van der Waals surface area contributed by atoms with E-state index in [4.69, 9.17) is 4.74 Å². The van der Waals surface area contributed by atoms with Gasteiger partial charge in [-0.3, -0.25) is 4.79 Å². The second-order valence-electron chi connectivity index (χ2n) is 5.89. The summed E-state index contributed by atoms with van der Waals surface area (Å²) < 4.78 is 5.10. The van der Waals surface area contributed by atoms with Gasteiger partial charge >= 0.3 is 5.97 Å². The van der Waals surface area contributed by atoms with Crippen molar-refractivity contribution in [2.24, 2.45) is 17.8 Å². The smallest absolute Gasteiger partial charge is 0.308 e. The third-order valence-electron chi connectivity index (χ3n) is 4.19. The molecule has 1 aliphatic carbocycles. The van der Waals surface area contributed by atoms with Crippen molar-refractivity contribution in [1.82, 2.24) is 0 Å². The lowest BCUT2D eigenvalue weighted by atomic mass is 9.87. The van der Waals surface area contributed by atoms with Crippen molar-refractivity contribution < 1.29 is 14.6 Å². The molecule has 1 aliphatic rings.